The molecular weight excluding hydrogens is 620 g/mol. The van der Waals surface area contributed by atoms with Crippen LogP contribution in [0.3, 0.4) is 0 Å². The van der Waals surface area contributed by atoms with Gasteiger partial charge in [0, 0.05) is 37.7 Å². The van der Waals surface area contributed by atoms with E-state index in [4.69, 9.17) is 14.2 Å². The molecule has 10 heteroatoms. The standard InChI is InChI=1S/C39H50N4O6/c1-2-47-37(45)24-41-39(46)40-23-32-8-3-4-10-35(32)29-15-17-31(18-16-29)38-48-34(22-36(49-38)30-13-11-28(27-44)12-14-30)26-43-21-7-9-33(43)25-42-19-5-6-20-42/h3-4,8,10-18,33-34,36,38,44H,2,5-7,9,19-27H2,1H3,(H2,40,41,46). The number of nitrogens with one attached hydrogen (secondary N) is 2. The minimum Gasteiger partial charge on any atom is -0.465 e. The van der Waals surface area contributed by atoms with Crippen molar-refractivity contribution >= 4 is 12.0 Å². The van der Waals surface area contributed by atoms with E-state index in [1.54, 1.807) is 6.92 Å². The first-order valence-corrected chi connectivity index (χ1v) is 17.8. The number of amides is 2. The van der Waals surface area contributed by atoms with Gasteiger partial charge in [0.15, 0.2) is 6.29 Å². The van der Waals surface area contributed by atoms with Crippen molar-refractivity contribution in [3.8, 4) is 11.1 Å². The van der Waals surface area contributed by atoms with Gasteiger partial charge >= 0.3 is 12.0 Å². The van der Waals surface area contributed by atoms with Crippen molar-refractivity contribution in [2.24, 2.45) is 0 Å². The van der Waals surface area contributed by atoms with E-state index in [-0.39, 0.29) is 32.0 Å². The zero-order valence-electron chi connectivity index (χ0n) is 28.5. The summed E-state index contributed by atoms with van der Waals surface area (Å²) < 4.78 is 18.3. The second-order valence-electron chi connectivity index (χ2n) is 13.3. The fraction of sp³-hybridized carbons (Fsp3) is 0.487. The van der Waals surface area contributed by atoms with Gasteiger partial charge in [-0.05, 0) is 80.1 Å². The number of benzene rings is 3. The lowest BCUT2D eigenvalue weighted by molar-refractivity contribution is -0.253. The molecule has 3 heterocycles. The first-order valence-electron chi connectivity index (χ1n) is 17.8. The van der Waals surface area contributed by atoms with Crippen molar-refractivity contribution < 1.29 is 28.9 Å². The number of esters is 1. The van der Waals surface area contributed by atoms with Gasteiger partial charge in [-0.25, -0.2) is 4.79 Å². The van der Waals surface area contributed by atoms with Crippen LogP contribution in [0.15, 0.2) is 72.8 Å². The van der Waals surface area contributed by atoms with Gasteiger partial charge in [-0.15, -0.1) is 0 Å². The Hall–Kier alpha value is -3.80. The van der Waals surface area contributed by atoms with E-state index in [1.165, 1.54) is 38.8 Å². The van der Waals surface area contributed by atoms with Gasteiger partial charge in [-0.1, -0.05) is 72.8 Å². The molecule has 0 spiro atoms. The summed E-state index contributed by atoms with van der Waals surface area (Å²) in [5, 5.41) is 15.0. The smallest absolute Gasteiger partial charge is 0.325 e. The zero-order valence-corrected chi connectivity index (χ0v) is 28.5. The number of ether oxygens (including phenoxy) is 3. The molecule has 10 nitrogen and oxygen atoms in total. The number of aliphatic hydroxyl groups is 1. The average Bonchev–Trinajstić information content (AvgIpc) is 3.82. The number of aliphatic hydroxyl groups excluding tert-OH is 1. The van der Waals surface area contributed by atoms with Gasteiger partial charge in [0.25, 0.3) is 0 Å². The second-order valence-corrected chi connectivity index (χ2v) is 13.3. The van der Waals surface area contributed by atoms with Gasteiger partial charge in [-0.2, -0.15) is 0 Å². The summed E-state index contributed by atoms with van der Waals surface area (Å²) in [6.07, 6.45) is 5.23. The SMILES string of the molecule is CCOC(=O)CNC(=O)NCc1ccccc1-c1ccc(C2OC(CN3CCCC3CN3CCCC3)CC(c3ccc(CO)cc3)O2)cc1. The molecule has 2 amide bonds. The topological polar surface area (TPSA) is 113 Å². The van der Waals surface area contributed by atoms with Gasteiger partial charge in [-0.3, -0.25) is 9.69 Å². The zero-order chi connectivity index (χ0) is 34.0. The molecule has 4 unspecified atom stereocenters. The van der Waals surface area contributed by atoms with E-state index in [2.05, 4.69) is 56.8 Å². The molecule has 3 saturated heterocycles. The van der Waals surface area contributed by atoms with Crippen LogP contribution in [0.25, 0.3) is 11.1 Å². The molecule has 49 heavy (non-hydrogen) atoms. The number of carbonyl (C=O) groups is 2. The van der Waals surface area contributed by atoms with Crippen LogP contribution in [0.2, 0.25) is 0 Å². The monoisotopic (exact) mass is 670 g/mol. The molecular formula is C39H50N4O6. The van der Waals surface area contributed by atoms with Crippen LogP contribution in [0.4, 0.5) is 4.79 Å². The highest BCUT2D eigenvalue weighted by molar-refractivity contribution is 5.81. The molecule has 3 aliphatic heterocycles. The molecule has 3 aromatic carbocycles. The maximum absolute atomic E-state index is 12.3. The number of hydrogen-bond acceptors (Lipinski definition) is 8. The minimum absolute atomic E-state index is 0.0156. The lowest BCUT2D eigenvalue weighted by Gasteiger charge is -2.39. The van der Waals surface area contributed by atoms with Crippen molar-refractivity contribution in [2.75, 3.05) is 45.9 Å². The highest BCUT2D eigenvalue weighted by atomic mass is 16.7. The molecule has 0 radical (unpaired) electrons. The normalized spacial score (nSPS) is 23.0. The number of urea groups is 1. The maximum Gasteiger partial charge on any atom is 0.325 e. The number of hydrogen-bond donors (Lipinski definition) is 3. The number of rotatable bonds is 13. The molecule has 3 fully saturated rings. The van der Waals surface area contributed by atoms with Crippen LogP contribution in [0.1, 0.15) is 73.7 Å². The van der Waals surface area contributed by atoms with Crippen molar-refractivity contribution in [1.82, 2.24) is 20.4 Å². The third-order valence-corrected chi connectivity index (χ3v) is 9.87. The van der Waals surface area contributed by atoms with Crippen LogP contribution in [0.5, 0.6) is 0 Å². The summed E-state index contributed by atoms with van der Waals surface area (Å²) in [5.74, 6) is -0.473. The summed E-state index contributed by atoms with van der Waals surface area (Å²) in [4.78, 5) is 29.2. The van der Waals surface area contributed by atoms with Crippen LogP contribution in [-0.4, -0.2) is 84.9 Å². The van der Waals surface area contributed by atoms with Gasteiger partial charge in [0.2, 0.25) is 0 Å². The van der Waals surface area contributed by atoms with Crippen LogP contribution in [-0.2, 0) is 32.2 Å². The quantitative estimate of drug-likeness (QED) is 0.210. The number of nitrogens with zero attached hydrogens (tertiary/aromatic N) is 2. The highest BCUT2D eigenvalue weighted by Gasteiger charge is 2.36. The van der Waals surface area contributed by atoms with E-state index in [0.29, 0.717) is 12.6 Å². The van der Waals surface area contributed by atoms with Crippen molar-refractivity contribution in [3.05, 3.63) is 95.1 Å². The lowest BCUT2D eigenvalue weighted by atomic mass is 9.97. The van der Waals surface area contributed by atoms with E-state index >= 15 is 0 Å². The third-order valence-electron chi connectivity index (χ3n) is 9.87. The largest absolute Gasteiger partial charge is 0.465 e. The first kappa shape index (κ1) is 35.0. The molecule has 3 aliphatic rings. The van der Waals surface area contributed by atoms with Crippen molar-refractivity contribution in [3.63, 3.8) is 0 Å². The van der Waals surface area contributed by atoms with Crippen LogP contribution in [0, 0.1) is 0 Å². The Morgan fingerprint density at radius 2 is 1.63 bits per heavy atom. The molecule has 0 bridgehead atoms. The highest BCUT2D eigenvalue weighted by Crippen LogP contribution is 2.39. The summed E-state index contributed by atoms with van der Waals surface area (Å²) in [6, 6.07) is 24.4. The Morgan fingerprint density at radius 3 is 2.39 bits per heavy atom. The molecule has 0 aliphatic carbocycles. The van der Waals surface area contributed by atoms with E-state index in [1.807, 2.05) is 36.4 Å². The molecule has 0 saturated carbocycles. The second kappa shape index (κ2) is 17.2. The predicted molar refractivity (Wildman–Crippen MR) is 187 cm³/mol. The Morgan fingerprint density at radius 1 is 0.878 bits per heavy atom. The lowest BCUT2D eigenvalue weighted by Crippen LogP contribution is -2.45. The van der Waals surface area contributed by atoms with Gasteiger partial charge in [0.05, 0.1) is 25.4 Å². The molecule has 6 rings (SSSR count). The Labute approximate surface area is 289 Å². The molecule has 3 aromatic rings. The maximum atomic E-state index is 12.3. The van der Waals surface area contributed by atoms with Gasteiger partial charge in [0.1, 0.15) is 6.54 Å². The summed E-state index contributed by atoms with van der Waals surface area (Å²) in [5.41, 5.74) is 5.90. The molecule has 4 atom stereocenters. The minimum atomic E-state index is -0.519. The molecule has 3 N–H and O–H groups in total. The fourth-order valence-corrected chi connectivity index (χ4v) is 7.28. The van der Waals surface area contributed by atoms with E-state index < -0.39 is 18.3 Å². The third kappa shape index (κ3) is 9.46. The van der Waals surface area contributed by atoms with Crippen molar-refractivity contribution in [2.45, 2.75) is 76.7 Å². The predicted octanol–water partition coefficient (Wildman–Crippen LogP) is 5.31. The summed E-state index contributed by atoms with van der Waals surface area (Å²) >= 11 is 0. The summed E-state index contributed by atoms with van der Waals surface area (Å²) in [6.45, 7) is 7.71. The van der Waals surface area contributed by atoms with Gasteiger partial charge < -0.3 is 34.9 Å². The first-order chi connectivity index (χ1) is 24.0. The molecule has 0 aromatic heterocycles. The van der Waals surface area contributed by atoms with Crippen molar-refractivity contribution in [1.29, 1.82) is 0 Å². The van der Waals surface area contributed by atoms with E-state index in [0.717, 1.165) is 59.4 Å². The van der Waals surface area contributed by atoms with Crippen LogP contribution >= 0.6 is 0 Å². The van der Waals surface area contributed by atoms with E-state index in [9.17, 15) is 14.7 Å². The average molecular weight is 671 g/mol. The number of carbonyl (C=O) groups excluding carboxylic acids is 2. The Balaban J connectivity index is 1.14. The van der Waals surface area contributed by atoms with Crippen LogP contribution < -0.4 is 10.6 Å². The number of likely N-dealkylation sites (tertiary alicyclic amines) is 2. The molecule has 262 valence electrons. The fourth-order valence-electron chi connectivity index (χ4n) is 7.28. The Kier molecular flexibility index (Phi) is 12.3. The Bertz CT molecular complexity index is 1510. The summed E-state index contributed by atoms with van der Waals surface area (Å²) in [7, 11) is 0.